The summed E-state index contributed by atoms with van der Waals surface area (Å²) in [5.74, 6) is 0.360. The van der Waals surface area contributed by atoms with Crippen LogP contribution in [0.1, 0.15) is 6.42 Å². The first-order valence-electron chi connectivity index (χ1n) is 6.31. The van der Waals surface area contributed by atoms with Gasteiger partial charge in [0.15, 0.2) is 0 Å². The summed E-state index contributed by atoms with van der Waals surface area (Å²) < 4.78 is 31.5. The second-order valence-corrected chi connectivity index (χ2v) is 6.50. The van der Waals surface area contributed by atoms with Gasteiger partial charge in [0.05, 0.1) is 12.8 Å². The normalized spacial score (nSPS) is 21.0. The Morgan fingerprint density at radius 3 is 3.16 bits per heavy atom. The molecule has 2 heterocycles. The highest BCUT2D eigenvalue weighted by Crippen LogP contribution is 2.15. The number of sulfonamides is 1. The summed E-state index contributed by atoms with van der Waals surface area (Å²) in [6, 6.07) is 0. The first-order valence-corrected chi connectivity index (χ1v) is 7.80. The largest absolute Gasteiger partial charge is 0.383 e. The van der Waals surface area contributed by atoms with Crippen molar-refractivity contribution in [1.29, 1.82) is 0 Å². The Hall–Kier alpha value is -0.960. The SMILES string of the molecule is COCCN1CC[C@@H](CNS(=O)(=O)c2cn[nH]c2)C1. The molecule has 8 heteroatoms. The molecule has 1 aliphatic rings. The van der Waals surface area contributed by atoms with E-state index in [1.807, 2.05) is 0 Å². The maximum atomic E-state index is 11.9. The smallest absolute Gasteiger partial charge is 0.243 e. The summed E-state index contributed by atoms with van der Waals surface area (Å²) in [5.41, 5.74) is 0. The van der Waals surface area contributed by atoms with Crippen molar-refractivity contribution in [1.82, 2.24) is 19.8 Å². The van der Waals surface area contributed by atoms with E-state index in [1.165, 1.54) is 12.4 Å². The molecule has 0 unspecified atom stereocenters. The minimum Gasteiger partial charge on any atom is -0.383 e. The molecule has 1 aliphatic heterocycles. The van der Waals surface area contributed by atoms with Crippen molar-refractivity contribution in [2.45, 2.75) is 11.3 Å². The first kappa shape index (κ1) is 14.4. The van der Waals surface area contributed by atoms with E-state index in [2.05, 4.69) is 19.8 Å². The van der Waals surface area contributed by atoms with Crippen molar-refractivity contribution >= 4 is 10.0 Å². The molecular formula is C11H20N4O3S. The van der Waals surface area contributed by atoms with Crippen molar-refractivity contribution in [3.05, 3.63) is 12.4 Å². The number of nitrogens with one attached hydrogen (secondary N) is 2. The van der Waals surface area contributed by atoms with Gasteiger partial charge in [-0.1, -0.05) is 0 Å². The molecule has 2 rings (SSSR count). The van der Waals surface area contributed by atoms with Gasteiger partial charge in [0.2, 0.25) is 10.0 Å². The molecule has 0 bridgehead atoms. The topological polar surface area (TPSA) is 87.3 Å². The number of likely N-dealkylation sites (tertiary alicyclic amines) is 1. The van der Waals surface area contributed by atoms with Gasteiger partial charge in [-0.15, -0.1) is 0 Å². The third kappa shape index (κ3) is 4.00. The van der Waals surface area contributed by atoms with Crippen molar-refractivity contribution < 1.29 is 13.2 Å². The van der Waals surface area contributed by atoms with E-state index in [0.29, 0.717) is 19.1 Å². The summed E-state index contributed by atoms with van der Waals surface area (Å²) in [4.78, 5) is 2.47. The molecule has 108 valence electrons. The minimum atomic E-state index is -3.43. The number of H-pyrrole nitrogens is 1. The number of methoxy groups -OCH3 is 1. The zero-order valence-electron chi connectivity index (χ0n) is 11.0. The van der Waals surface area contributed by atoms with E-state index in [9.17, 15) is 8.42 Å². The van der Waals surface area contributed by atoms with Gasteiger partial charge in [0, 0.05) is 32.9 Å². The molecule has 2 N–H and O–H groups in total. The molecule has 0 amide bonds. The van der Waals surface area contributed by atoms with Crippen LogP contribution in [0, 0.1) is 5.92 Å². The van der Waals surface area contributed by atoms with Crippen LogP contribution in [0.25, 0.3) is 0 Å². The number of ether oxygens (including phenoxy) is 1. The average Bonchev–Trinajstić information content (AvgIpc) is 3.05. The molecule has 0 radical (unpaired) electrons. The van der Waals surface area contributed by atoms with Crippen LogP contribution in [0.4, 0.5) is 0 Å². The van der Waals surface area contributed by atoms with E-state index in [1.54, 1.807) is 7.11 Å². The number of aromatic amines is 1. The van der Waals surface area contributed by atoms with Gasteiger partial charge in [0.25, 0.3) is 0 Å². The number of hydrogen-bond donors (Lipinski definition) is 2. The lowest BCUT2D eigenvalue weighted by molar-refractivity contribution is 0.159. The lowest BCUT2D eigenvalue weighted by Gasteiger charge is -2.15. The number of nitrogens with zero attached hydrogens (tertiary/aromatic N) is 2. The van der Waals surface area contributed by atoms with Crippen LogP contribution in [-0.2, 0) is 14.8 Å². The monoisotopic (exact) mass is 288 g/mol. The van der Waals surface area contributed by atoms with E-state index < -0.39 is 10.0 Å². The van der Waals surface area contributed by atoms with Crippen LogP contribution in [0.2, 0.25) is 0 Å². The maximum Gasteiger partial charge on any atom is 0.243 e. The molecule has 0 spiro atoms. The second kappa shape index (κ2) is 6.47. The van der Waals surface area contributed by atoms with Crippen molar-refractivity contribution in [3.63, 3.8) is 0 Å². The minimum absolute atomic E-state index is 0.182. The Balaban J connectivity index is 1.78. The number of aromatic nitrogens is 2. The molecular weight excluding hydrogens is 268 g/mol. The Kier molecular flexibility index (Phi) is 4.92. The molecule has 0 saturated carbocycles. The highest BCUT2D eigenvalue weighted by molar-refractivity contribution is 7.89. The van der Waals surface area contributed by atoms with E-state index >= 15 is 0 Å². The van der Waals surface area contributed by atoms with Gasteiger partial charge in [-0.3, -0.25) is 5.10 Å². The van der Waals surface area contributed by atoms with Gasteiger partial charge in [0.1, 0.15) is 4.90 Å². The molecule has 0 aliphatic carbocycles. The van der Waals surface area contributed by atoms with Gasteiger partial charge >= 0.3 is 0 Å². The molecule has 19 heavy (non-hydrogen) atoms. The van der Waals surface area contributed by atoms with Gasteiger partial charge in [-0.25, -0.2) is 13.1 Å². The lowest BCUT2D eigenvalue weighted by atomic mass is 10.1. The Morgan fingerprint density at radius 1 is 1.63 bits per heavy atom. The van der Waals surface area contributed by atoms with E-state index in [4.69, 9.17) is 4.74 Å². The predicted molar refractivity (Wildman–Crippen MR) is 70.2 cm³/mol. The molecule has 1 saturated heterocycles. The van der Waals surface area contributed by atoms with Crippen LogP contribution in [0.5, 0.6) is 0 Å². The van der Waals surface area contributed by atoms with Crippen molar-refractivity contribution in [2.24, 2.45) is 5.92 Å². The summed E-state index contributed by atoms with van der Waals surface area (Å²) in [6.07, 6.45) is 3.70. The molecule has 0 aromatic carbocycles. The Labute approximate surface area is 113 Å². The molecule has 1 aromatic heterocycles. The van der Waals surface area contributed by atoms with Crippen molar-refractivity contribution in [3.8, 4) is 0 Å². The molecule has 1 atom stereocenters. The van der Waals surface area contributed by atoms with E-state index in [-0.39, 0.29) is 4.90 Å². The van der Waals surface area contributed by atoms with Gasteiger partial charge < -0.3 is 9.64 Å². The predicted octanol–water partition coefficient (Wildman–Crippen LogP) is -0.344. The fraction of sp³-hybridized carbons (Fsp3) is 0.727. The number of rotatable bonds is 7. The van der Waals surface area contributed by atoms with Gasteiger partial charge in [-0.2, -0.15) is 5.10 Å². The van der Waals surface area contributed by atoms with Gasteiger partial charge in [-0.05, 0) is 18.9 Å². The Bertz CT molecular complexity index is 474. The zero-order chi connectivity index (χ0) is 13.7. The third-order valence-corrected chi connectivity index (χ3v) is 4.72. The molecule has 1 fully saturated rings. The first-order chi connectivity index (χ1) is 9.12. The van der Waals surface area contributed by atoms with Crippen molar-refractivity contribution in [2.75, 3.05) is 39.9 Å². The lowest BCUT2D eigenvalue weighted by Crippen LogP contribution is -2.31. The maximum absolute atomic E-state index is 11.9. The van der Waals surface area contributed by atoms with Crippen LogP contribution < -0.4 is 4.72 Å². The van der Waals surface area contributed by atoms with Crippen LogP contribution >= 0.6 is 0 Å². The van der Waals surface area contributed by atoms with Crippen LogP contribution in [-0.4, -0.2) is 63.4 Å². The fourth-order valence-electron chi connectivity index (χ4n) is 2.20. The second-order valence-electron chi connectivity index (χ2n) is 4.73. The van der Waals surface area contributed by atoms with E-state index in [0.717, 1.165) is 26.1 Å². The Morgan fingerprint density at radius 2 is 2.47 bits per heavy atom. The standard InChI is InChI=1S/C11H20N4O3S/c1-18-5-4-15-3-2-10(9-15)6-14-19(16,17)11-7-12-13-8-11/h7-8,10,14H,2-6,9H2,1H3,(H,12,13)/t10-/m0/s1. The highest BCUT2D eigenvalue weighted by Gasteiger charge is 2.24. The fourth-order valence-corrected chi connectivity index (χ4v) is 3.22. The highest BCUT2D eigenvalue weighted by atomic mass is 32.2. The molecule has 7 nitrogen and oxygen atoms in total. The zero-order valence-corrected chi connectivity index (χ0v) is 11.8. The molecule has 1 aromatic rings. The summed E-state index contributed by atoms with van der Waals surface area (Å²) in [6.45, 7) is 4.00. The van der Waals surface area contributed by atoms with Crippen LogP contribution in [0.15, 0.2) is 17.3 Å². The summed E-state index contributed by atoms with van der Waals surface area (Å²) >= 11 is 0. The summed E-state index contributed by atoms with van der Waals surface area (Å²) in [5, 5.41) is 6.15. The quantitative estimate of drug-likeness (QED) is 0.716. The summed E-state index contributed by atoms with van der Waals surface area (Å²) in [7, 11) is -1.74. The third-order valence-electron chi connectivity index (χ3n) is 3.33. The van der Waals surface area contributed by atoms with Crippen LogP contribution in [0.3, 0.4) is 0 Å². The number of hydrogen-bond acceptors (Lipinski definition) is 5. The average molecular weight is 288 g/mol.